The molecular weight excluding hydrogens is 443 g/mol. The van der Waals surface area contributed by atoms with Crippen molar-refractivity contribution in [3.63, 3.8) is 0 Å². The number of hydrogen-bond donors (Lipinski definition) is 2. The molecule has 1 atom stereocenters. The molecule has 1 unspecified atom stereocenters. The predicted octanol–water partition coefficient (Wildman–Crippen LogP) is 3.44. The third-order valence-corrected chi connectivity index (χ3v) is 5.60. The number of nitrogens with one attached hydrogen (secondary N) is 1. The molecule has 3 rings (SSSR count). The second-order valence-corrected chi connectivity index (χ2v) is 8.09. The minimum atomic E-state index is -0.631. The van der Waals surface area contributed by atoms with Crippen LogP contribution in [-0.4, -0.2) is 29.3 Å². The Hall–Kier alpha value is -3.85. The number of nitrogens with zero attached hydrogens (tertiary/aromatic N) is 2. The van der Waals surface area contributed by atoms with E-state index >= 15 is 0 Å². The summed E-state index contributed by atoms with van der Waals surface area (Å²) in [6, 6.07) is 14.9. The maximum absolute atomic E-state index is 13.1. The first-order chi connectivity index (χ1) is 15.8. The molecule has 0 saturated heterocycles. The number of aromatic nitrogens is 1. The highest BCUT2D eigenvalue weighted by atomic mass is 32.1. The number of halogens is 1. The fourth-order valence-corrected chi connectivity index (χ4v) is 3.94. The summed E-state index contributed by atoms with van der Waals surface area (Å²) in [5.74, 6) is -2.15. The highest BCUT2D eigenvalue weighted by Gasteiger charge is 2.18. The normalized spacial score (nSPS) is 11.8. The lowest BCUT2D eigenvalue weighted by Crippen LogP contribution is -2.36. The number of amides is 3. The van der Waals surface area contributed by atoms with Gasteiger partial charge < -0.3 is 11.1 Å². The van der Waals surface area contributed by atoms with Gasteiger partial charge in [-0.15, -0.1) is 11.3 Å². The molecule has 0 aliphatic carbocycles. The fourth-order valence-electron chi connectivity index (χ4n) is 3.08. The van der Waals surface area contributed by atoms with Gasteiger partial charge in [-0.3, -0.25) is 19.3 Å². The Labute approximate surface area is 194 Å². The third kappa shape index (κ3) is 6.81. The Morgan fingerprint density at radius 1 is 1.15 bits per heavy atom. The average Bonchev–Trinajstić information content (AvgIpc) is 3.25. The predicted molar refractivity (Wildman–Crippen MR) is 126 cm³/mol. The second-order valence-electron chi connectivity index (χ2n) is 7.25. The van der Waals surface area contributed by atoms with Crippen molar-refractivity contribution in [1.82, 2.24) is 10.3 Å². The highest BCUT2D eigenvalue weighted by Crippen LogP contribution is 2.29. The molecular formula is C24H23FN4O3S. The van der Waals surface area contributed by atoms with E-state index in [0.717, 1.165) is 5.56 Å². The third-order valence-electron chi connectivity index (χ3n) is 4.76. The van der Waals surface area contributed by atoms with Crippen molar-refractivity contribution in [3.05, 3.63) is 83.1 Å². The molecule has 1 aromatic heterocycles. The molecule has 0 bridgehead atoms. The molecule has 0 spiro atoms. The van der Waals surface area contributed by atoms with Crippen LogP contribution in [0, 0.1) is 11.7 Å². The second kappa shape index (κ2) is 11.1. The number of carbonyl (C=O) groups is 3. The molecule has 170 valence electrons. The number of rotatable bonds is 9. The van der Waals surface area contributed by atoms with Crippen molar-refractivity contribution in [2.75, 3.05) is 11.4 Å². The summed E-state index contributed by atoms with van der Waals surface area (Å²) in [4.78, 5) is 42.0. The van der Waals surface area contributed by atoms with Crippen molar-refractivity contribution in [3.8, 4) is 0 Å². The van der Waals surface area contributed by atoms with E-state index in [-0.39, 0.29) is 24.7 Å². The van der Waals surface area contributed by atoms with Gasteiger partial charge in [-0.05, 0) is 42.3 Å². The van der Waals surface area contributed by atoms with Crippen molar-refractivity contribution in [1.29, 1.82) is 0 Å². The number of para-hydroxylation sites is 1. The van der Waals surface area contributed by atoms with Gasteiger partial charge in [-0.2, -0.15) is 0 Å². The molecule has 1 heterocycles. The average molecular weight is 467 g/mol. The quantitative estimate of drug-likeness (QED) is 0.471. The van der Waals surface area contributed by atoms with Gasteiger partial charge in [0.25, 0.3) is 0 Å². The van der Waals surface area contributed by atoms with E-state index in [4.69, 9.17) is 5.73 Å². The highest BCUT2D eigenvalue weighted by molar-refractivity contribution is 7.14. The van der Waals surface area contributed by atoms with Crippen LogP contribution in [0.3, 0.4) is 0 Å². The lowest BCUT2D eigenvalue weighted by atomic mass is 9.98. The maximum atomic E-state index is 13.1. The summed E-state index contributed by atoms with van der Waals surface area (Å²) in [6.07, 6.45) is 3.11. The monoisotopic (exact) mass is 466 g/mol. The molecule has 0 aliphatic rings. The molecule has 0 saturated carbocycles. The van der Waals surface area contributed by atoms with Crippen molar-refractivity contribution in [2.24, 2.45) is 11.7 Å². The zero-order valence-electron chi connectivity index (χ0n) is 17.9. The van der Waals surface area contributed by atoms with E-state index < -0.39 is 17.7 Å². The molecule has 0 aliphatic heterocycles. The van der Waals surface area contributed by atoms with Gasteiger partial charge in [0.2, 0.25) is 17.7 Å². The Morgan fingerprint density at radius 3 is 2.48 bits per heavy atom. The molecule has 0 fully saturated rings. The summed E-state index contributed by atoms with van der Waals surface area (Å²) in [7, 11) is 0. The fraction of sp³-hybridized carbons (Fsp3) is 0.167. The molecule has 7 nitrogen and oxygen atoms in total. The topological polar surface area (TPSA) is 105 Å². The van der Waals surface area contributed by atoms with E-state index in [1.165, 1.54) is 47.4 Å². The van der Waals surface area contributed by atoms with E-state index in [1.807, 2.05) is 30.3 Å². The van der Waals surface area contributed by atoms with Crippen LogP contribution in [0.25, 0.3) is 6.08 Å². The van der Waals surface area contributed by atoms with E-state index in [2.05, 4.69) is 10.3 Å². The minimum absolute atomic E-state index is 0.0460. The van der Waals surface area contributed by atoms with Crippen molar-refractivity contribution < 1.29 is 18.8 Å². The standard InChI is InChI=1S/C24H23FN4O3S/c1-16(30)29(21-5-3-2-4-6-21)24-28-20(15-33-24)11-12-22(31)27-14-18(23(26)32)13-17-7-9-19(25)10-8-17/h2-12,15,18H,13-14H2,1H3,(H2,26,32)(H,27,31)/b12-11+. The Bertz CT molecular complexity index is 1150. The SMILES string of the molecule is CC(=O)N(c1ccccc1)c1nc(/C=C/C(=O)NCC(Cc2ccc(F)cc2)C(N)=O)cs1. The van der Waals surface area contributed by atoms with Crippen molar-refractivity contribution in [2.45, 2.75) is 13.3 Å². The van der Waals surface area contributed by atoms with Gasteiger partial charge >= 0.3 is 0 Å². The lowest BCUT2D eigenvalue weighted by molar-refractivity contribution is -0.122. The summed E-state index contributed by atoms with van der Waals surface area (Å²) < 4.78 is 13.1. The number of nitrogens with two attached hydrogens (primary N) is 1. The number of thiazole rings is 1. The van der Waals surface area contributed by atoms with Gasteiger partial charge in [0.1, 0.15) is 5.82 Å². The van der Waals surface area contributed by atoms with Crippen LogP contribution in [0.2, 0.25) is 0 Å². The molecule has 3 N–H and O–H groups in total. The summed E-state index contributed by atoms with van der Waals surface area (Å²) >= 11 is 1.28. The van der Waals surface area contributed by atoms with E-state index in [0.29, 0.717) is 16.5 Å². The number of benzene rings is 2. The number of hydrogen-bond acceptors (Lipinski definition) is 5. The summed E-state index contributed by atoms with van der Waals surface area (Å²) in [5, 5.41) is 4.87. The largest absolute Gasteiger partial charge is 0.369 e. The zero-order chi connectivity index (χ0) is 23.8. The van der Waals surface area contributed by atoms with Gasteiger partial charge in [0, 0.05) is 24.9 Å². The number of primary amides is 1. The van der Waals surface area contributed by atoms with Crippen LogP contribution >= 0.6 is 11.3 Å². The van der Waals surface area contributed by atoms with E-state index in [1.54, 1.807) is 17.5 Å². The van der Waals surface area contributed by atoms with Gasteiger partial charge in [0.05, 0.1) is 17.3 Å². The summed E-state index contributed by atoms with van der Waals surface area (Å²) in [6.45, 7) is 1.50. The Kier molecular flexibility index (Phi) is 8.04. The maximum Gasteiger partial charge on any atom is 0.244 e. The Morgan fingerprint density at radius 2 is 1.85 bits per heavy atom. The van der Waals surface area contributed by atoms with Gasteiger partial charge in [-0.25, -0.2) is 9.37 Å². The first-order valence-electron chi connectivity index (χ1n) is 10.1. The molecule has 2 aromatic carbocycles. The van der Waals surface area contributed by atoms with Crippen LogP contribution in [0.4, 0.5) is 15.2 Å². The van der Waals surface area contributed by atoms with Crippen LogP contribution in [0.5, 0.6) is 0 Å². The first kappa shape index (κ1) is 23.8. The molecule has 9 heteroatoms. The summed E-state index contributed by atoms with van der Waals surface area (Å²) in [5.41, 5.74) is 7.41. The lowest BCUT2D eigenvalue weighted by Gasteiger charge is -2.17. The van der Waals surface area contributed by atoms with Crippen LogP contribution < -0.4 is 16.0 Å². The Balaban J connectivity index is 1.60. The van der Waals surface area contributed by atoms with Crippen LogP contribution in [0.15, 0.2) is 66.1 Å². The molecule has 0 radical (unpaired) electrons. The van der Waals surface area contributed by atoms with E-state index in [9.17, 15) is 18.8 Å². The smallest absolute Gasteiger partial charge is 0.244 e. The number of carbonyl (C=O) groups excluding carboxylic acids is 3. The molecule has 3 amide bonds. The minimum Gasteiger partial charge on any atom is -0.369 e. The number of anilines is 2. The molecule has 3 aromatic rings. The first-order valence-corrected chi connectivity index (χ1v) is 11.0. The van der Waals surface area contributed by atoms with Crippen LogP contribution in [0.1, 0.15) is 18.2 Å². The van der Waals surface area contributed by atoms with Crippen LogP contribution in [-0.2, 0) is 20.8 Å². The van der Waals surface area contributed by atoms with Gasteiger partial charge in [0.15, 0.2) is 5.13 Å². The van der Waals surface area contributed by atoms with Gasteiger partial charge in [-0.1, -0.05) is 30.3 Å². The molecule has 33 heavy (non-hydrogen) atoms. The zero-order valence-corrected chi connectivity index (χ0v) is 18.7. The van der Waals surface area contributed by atoms with Crippen molar-refractivity contribution >= 4 is 46.0 Å².